The Balaban J connectivity index is 0.000000252. The first-order chi connectivity index (χ1) is 15.7. The first kappa shape index (κ1) is 27.5. The second-order valence-corrected chi connectivity index (χ2v) is 7.31. The summed E-state index contributed by atoms with van der Waals surface area (Å²) in [5, 5.41) is 17.9. The molecule has 1 aromatic heterocycles. The second kappa shape index (κ2) is 15.3. The van der Waals surface area contributed by atoms with Gasteiger partial charge in [-0.05, 0) is 49.9 Å². The molecule has 9 nitrogen and oxygen atoms in total. The van der Waals surface area contributed by atoms with Crippen LogP contribution in [0, 0.1) is 0 Å². The molecule has 9 heteroatoms. The zero-order valence-corrected chi connectivity index (χ0v) is 18.5. The van der Waals surface area contributed by atoms with Crippen LogP contribution in [0.25, 0.3) is 10.9 Å². The summed E-state index contributed by atoms with van der Waals surface area (Å²) in [7, 11) is 0. The Kier molecular flexibility index (Phi) is 12.8. The fraction of sp³-hybridized carbons (Fsp3) is 0.292. The molecule has 33 heavy (non-hydrogen) atoms. The van der Waals surface area contributed by atoms with Crippen LogP contribution in [0.15, 0.2) is 66.9 Å². The first-order valence-electron chi connectivity index (χ1n) is 10.6. The number of nitrogen functional groups attached to an aromatic ring is 1. The molecule has 2 aromatic carbocycles. The van der Waals surface area contributed by atoms with Crippen molar-refractivity contribution in [1.82, 2.24) is 4.98 Å². The highest BCUT2D eigenvalue weighted by Crippen LogP contribution is 2.12. The zero-order chi connectivity index (χ0) is 24.6. The van der Waals surface area contributed by atoms with Crippen LogP contribution >= 0.6 is 0 Å². The van der Waals surface area contributed by atoms with Gasteiger partial charge in [-0.2, -0.15) is 0 Å². The Labute approximate surface area is 193 Å². The molecule has 0 unspecified atom stereocenters. The third-order valence-corrected chi connectivity index (χ3v) is 4.55. The number of aryl methyl sites for hydroxylation is 1. The van der Waals surface area contributed by atoms with Gasteiger partial charge in [-0.3, -0.25) is 14.6 Å². The maximum Gasteiger partial charge on any atom is 0.320 e. The molecule has 0 spiro atoms. The predicted octanol–water partition coefficient (Wildman–Crippen LogP) is 1.99. The highest BCUT2D eigenvalue weighted by molar-refractivity contribution is 5.80. The number of fused-ring (bicyclic) bond motifs is 1. The van der Waals surface area contributed by atoms with Crippen molar-refractivity contribution >= 4 is 28.5 Å². The Hall–Kier alpha value is -3.53. The number of hydrogen-bond donors (Lipinski definition) is 6. The summed E-state index contributed by atoms with van der Waals surface area (Å²) in [6, 6.07) is 18.1. The number of aliphatic carboxylic acids is 2. The smallest absolute Gasteiger partial charge is 0.320 e. The molecule has 0 aliphatic carbocycles. The fourth-order valence-corrected chi connectivity index (χ4v) is 2.64. The summed E-state index contributed by atoms with van der Waals surface area (Å²) >= 11 is 0. The summed E-state index contributed by atoms with van der Waals surface area (Å²) in [6.45, 7) is 0.501. The molecular weight excluding hydrogens is 422 g/mol. The van der Waals surface area contributed by atoms with E-state index in [-0.39, 0.29) is 0 Å². The minimum absolute atomic E-state index is 0.464. The number of nitrogens with two attached hydrogens (primary N) is 4. The summed E-state index contributed by atoms with van der Waals surface area (Å²) in [5.41, 5.74) is 24.0. The van der Waals surface area contributed by atoms with Crippen molar-refractivity contribution in [2.24, 2.45) is 17.2 Å². The van der Waals surface area contributed by atoms with Crippen LogP contribution in [0.3, 0.4) is 0 Å². The van der Waals surface area contributed by atoms with E-state index < -0.39 is 24.0 Å². The molecule has 10 N–H and O–H groups in total. The molecule has 3 aromatic rings. The maximum absolute atomic E-state index is 10.4. The number of carboxylic acid groups (broad SMARTS) is 2. The molecule has 0 amide bonds. The Morgan fingerprint density at radius 2 is 1.45 bits per heavy atom. The van der Waals surface area contributed by atoms with Gasteiger partial charge in [0.25, 0.3) is 0 Å². The van der Waals surface area contributed by atoms with Crippen LogP contribution in [-0.4, -0.2) is 45.8 Å². The number of carbonyl (C=O) groups is 2. The lowest BCUT2D eigenvalue weighted by atomic mass is 10.1. The molecule has 0 saturated carbocycles. The highest BCUT2D eigenvalue weighted by atomic mass is 16.4. The topological polar surface area (TPSA) is 192 Å². The number of anilines is 1. The SMILES string of the molecule is NCCC[C@@H](N)C(=O)O.N[C@H](CCc1ccccc1)C(=O)O.Nc1cnc2ccccc2c1. The average molecular weight is 456 g/mol. The van der Waals surface area contributed by atoms with Gasteiger partial charge in [0.1, 0.15) is 12.1 Å². The lowest BCUT2D eigenvalue weighted by molar-refractivity contribution is -0.139. The summed E-state index contributed by atoms with van der Waals surface area (Å²) in [4.78, 5) is 24.6. The van der Waals surface area contributed by atoms with Crippen LogP contribution in [0.4, 0.5) is 5.69 Å². The van der Waals surface area contributed by atoms with Gasteiger partial charge < -0.3 is 33.1 Å². The molecule has 0 saturated heterocycles. The minimum Gasteiger partial charge on any atom is -0.480 e. The molecule has 0 fully saturated rings. The van der Waals surface area contributed by atoms with Crippen LogP contribution < -0.4 is 22.9 Å². The monoisotopic (exact) mass is 455 g/mol. The molecular formula is C24H33N5O4. The van der Waals surface area contributed by atoms with Gasteiger partial charge in [0.15, 0.2) is 0 Å². The first-order valence-corrected chi connectivity index (χ1v) is 10.6. The zero-order valence-electron chi connectivity index (χ0n) is 18.5. The fourth-order valence-electron chi connectivity index (χ4n) is 2.64. The number of aromatic nitrogens is 1. The number of nitrogens with zero attached hydrogens (tertiary/aromatic N) is 1. The second-order valence-electron chi connectivity index (χ2n) is 7.31. The van der Waals surface area contributed by atoms with Gasteiger partial charge in [0.2, 0.25) is 0 Å². The van der Waals surface area contributed by atoms with E-state index in [1.165, 1.54) is 0 Å². The van der Waals surface area contributed by atoms with E-state index in [0.29, 0.717) is 37.9 Å². The normalized spacial score (nSPS) is 11.8. The molecule has 0 aliphatic rings. The average Bonchev–Trinajstić information content (AvgIpc) is 2.82. The Bertz CT molecular complexity index is 985. The number of pyridine rings is 1. The molecule has 2 atom stereocenters. The number of benzene rings is 2. The van der Waals surface area contributed by atoms with Crippen molar-refractivity contribution in [2.75, 3.05) is 12.3 Å². The van der Waals surface area contributed by atoms with Crippen molar-refractivity contribution in [1.29, 1.82) is 0 Å². The molecule has 178 valence electrons. The summed E-state index contributed by atoms with van der Waals surface area (Å²) in [6.07, 6.45) is 4.01. The standard InChI is InChI=1S/C10H13NO2.C9H8N2.C5H12N2O2/c11-9(10(12)13)7-6-8-4-2-1-3-5-8;10-8-5-7-3-1-2-4-9(7)11-6-8;6-3-1-2-4(7)5(8)9/h1-5,9H,6-7,11H2,(H,12,13);1-6H,10H2;4H,1-3,6-7H2,(H,8,9)/t9-;;4-/m1.1/s1. The third-order valence-electron chi connectivity index (χ3n) is 4.55. The summed E-state index contributed by atoms with van der Waals surface area (Å²) < 4.78 is 0. The van der Waals surface area contributed by atoms with E-state index >= 15 is 0 Å². The maximum atomic E-state index is 10.4. The van der Waals surface area contributed by atoms with E-state index in [9.17, 15) is 9.59 Å². The predicted molar refractivity (Wildman–Crippen MR) is 130 cm³/mol. The van der Waals surface area contributed by atoms with E-state index in [1.807, 2.05) is 60.7 Å². The minimum atomic E-state index is -0.955. The summed E-state index contributed by atoms with van der Waals surface area (Å²) in [5.74, 6) is -1.89. The van der Waals surface area contributed by atoms with Gasteiger partial charge in [0.05, 0.1) is 17.4 Å². The Morgan fingerprint density at radius 3 is 2.06 bits per heavy atom. The quantitative estimate of drug-likeness (QED) is 0.294. The number of para-hydroxylation sites is 1. The molecule has 0 aliphatic heterocycles. The van der Waals surface area contributed by atoms with Gasteiger partial charge in [-0.25, -0.2) is 0 Å². The van der Waals surface area contributed by atoms with Crippen molar-refractivity contribution in [3.8, 4) is 0 Å². The number of carboxylic acids is 2. The van der Waals surface area contributed by atoms with E-state index in [2.05, 4.69) is 4.98 Å². The Morgan fingerprint density at radius 1 is 0.879 bits per heavy atom. The third kappa shape index (κ3) is 11.6. The van der Waals surface area contributed by atoms with Gasteiger partial charge >= 0.3 is 11.9 Å². The number of hydrogen-bond acceptors (Lipinski definition) is 7. The number of rotatable bonds is 8. The highest BCUT2D eigenvalue weighted by Gasteiger charge is 2.10. The van der Waals surface area contributed by atoms with E-state index in [4.69, 9.17) is 33.1 Å². The van der Waals surface area contributed by atoms with Crippen LogP contribution in [0.1, 0.15) is 24.8 Å². The van der Waals surface area contributed by atoms with Crippen LogP contribution in [-0.2, 0) is 16.0 Å². The largest absolute Gasteiger partial charge is 0.480 e. The van der Waals surface area contributed by atoms with Crippen LogP contribution in [0.5, 0.6) is 0 Å². The van der Waals surface area contributed by atoms with Crippen molar-refractivity contribution in [3.63, 3.8) is 0 Å². The molecule has 3 rings (SSSR count). The lowest BCUT2D eigenvalue weighted by Crippen LogP contribution is -2.30. The van der Waals surface area contributed by atoms with E-state index in [1.54, 1.807) is 6.20 Å². The van der Waals surface area contributed by atoms with Gasteiger partial charge in [-0.15, -0.1) is 0 Å². The van der Waals surface area contributed by atoms with E-state index in [0.717, 1.165) is 16.5 Å². The lowest BCUT2D eigenvalue weighted by Gasteiger charge is -2.05. The molecule has 0 bridgehead atoms. The molecule has 1 heterocycles. The van der Waals surface area contributed by atoms with Gasteiger partial charge in [-0.1, -0.05) is 48.5 Å². The van der Waals surface area contributed by atoms with Crippen molar-refractivity contribution in [2.45, 2.75) is 37.8 Å². The van der Waals surface area contributed by atoms with Crippen molar-refractivity contribution in [3.05, 3.63) is 72.4 Å². The van der Waals surface area contributed by atoms with Crippen LogP contribution in [0.2, 0.25) is 0 Å². The van der Waals surface area contributed by atoms with Gasteiger partial charge in [0, 0.05) is 5.39 Å². The van der Waals surface area contributed by atoms with Crippen molar-refractivity contribution < 1.29 is 19.8 Å². The molecule has 0 radical (unpaired) electrons.